The Balaban J connectivity index is 4.22. The van der Waals surface area contributed by atoms with Crippen molar-refractivity contribution in [1.82, 2.24) is 0 Å². The predicted molar refractivity (Wildman–Crippen MR) is 275 cm³/mol. The molecule has 0 saturated heterocycles. The highest BCUT2D eigenvalue weighted by Crippen LogP contribution is 2.18. The van der Waals surface area contributed by atoms with Crippen LogP contribution in [0, 0.1) is 17.8 Å². The van der Waals surface area contributed by atoms with Gasteiger partial charge in [-0.05, 0) is 37.0 Å². The molecule has 0 saturated carbocycles. The number of esters is 3. The second-order valence-corrected chi connectivity index (χ2v) is 21.4. The maximum absolute atomic E-state index is 12.8. The van der Waals surface area contributed by atoms with Gasteiger partial charge in [-0.15, -0.1) is 0 Å². The van der Waals surface area contributed by atoms with E-state index in [9.17, 15) is 14.4 Å². The average molecular weight is 906 g/mol. The molecule has 0 radical (unpaired) electrons. The number of rotatable bonds is 51. The number of unbranched alkanes of at least 4 members (excludes halogenated alkanes) is 34. The number of carbonyl (C=O) groups excluding carboxylic acids is 3. The molecule has 0 aromatic heterocycles. The normalized spacial score (nSPS) is 12.1. The Morgan fingerprint density at radius 1 is 0.266 bits per heavy atom. The van der Waals surface area contributed by atoms with Gasteiger partial charge in [-0.1, -0.05) is 279 Å². The summed E-state index contributed by atoms with van der Waals surface area (Å²) >= 11 is 0. The van der Waals surface area contributed by atoms with E-state index in [-0.39, 0.29) is 31.1 Å². The fourth-order valence-corrected chi connectivity index (χ4v) is 8.82. The molecule has 380 valence electrons. The zero-order valence-corrected chi connectivity index (χ0v) is 44.1. The van der Waals surface area contributed by atoms with E-state index in [1.807, 2.05) is 0 Å². The van der Waals surface area contributed by atoms with Crippen LogP contribution in [0.5, 0.6) is 0 Å². The van der Waals surface area contributed by atoms with E-state index in [1.165, 1.54) is 199 Å². The lowest BCUT2D eigenvalue weighted by molar-refractivity contribution is -0.167. The summed E-state index contributed by atoms with van der Waals surface area (Å²) in [5, 5.41) is 0. The van der Waals surface area contributed by atoms with Crippen molar-refractivity contribution >= 4 is 17.9 Å². The predicted octanol–water partition coefficient (Wildman–Crippen LogP) is 18.7. The SMILES string of the molecule is CC(C)CCCCCCCCCCCCCCCCCCCCC(=O)OC[C@@H](COC(=O)CCCCCCCCCCC(C)C)OC(=O)CCCCCCCCCCCCCC(C)C. The molecule has 0 N–H and O–H groups in total. The first kappa shape index (κ1) is 62.4. The van der Waals surface area contributed by atoms with Crippen LogP contribution in [-0.4, -0.2) is 37.2 Å². The first-order valence-electron chi connectivity index (χ1n) is 28.6. The minimum Gasteiger partial charge on any atom is -0.462 e. The third-order valence-corrected chi connectivity index (χ3v) is 13.1. The zero-order valence-electron chi connectivity index (χ0n) is 44.1. The van der Waals surface area contributed by atoms with Crippen molar-refractivity contribution in [1.29, 1.82) is 0 Å². The Labute approximate surface area is 399 Å². The smallest absolute Gasteiger partial charge is 0.306 e. The van der Waals surface area contributed by atoms with Crippen LogP contribution in [0.1, 0.15) is 318 Å². The lowest BCUT2D eigenvalue weighted by atomic mass is 10.0. The van der Waals surface area contributed by atoms with E-state index < -0.39 is 6.10 Å². The highest BCUT2D eigenvalue weighted by Gasteiger charge is 2.19. The first-order chi connectivity index (χ1) is 31.1. The van der Waals surface area contributed by atoms with Crippen LogP contribution < -0.4 is 0 Å². The summed E-state index contributed by atoms with van der Waals surface area (Å²) in [6.07, 6.45) is 51.1. The average Bonchev–Trinajstić information content (AvgIpc) is 3.25. The van der Waals surface area contributed by atoms with Gasteiger partial charge in [0.2, 0.25) is 0 Å². The van der Waals surface area contributed by atoms with Crippen molar-refractivity contribution in [2.24, 2.45) is 17.8 Å². The van der Waals surface area contributed by atoms with E-state index in [2.05, 4.69) is 41.5 Å². The Morgan fingerprint density at radius 2 is 0.453 bits per heavy atom. The molecule has 0 fully saturated rings. The fraction of sp³-hybridized carbons (Fsp3) is 0.948. The van der Waals surface area contributed by atoms with Gasteiger partial charge in [-0.3, -0.25) is 14.4 Å². The van der Waals surface area contributed by atoms with Crippen molar-refractivity contribution in [2.75, 3.05) is 13.2 Å². The second kappa shape index (κ2) is 49.3. The fourth-order valence-electron chi connectivity index (χ4n) is 8.82. The molecule has 0 bridgehead atoms. The Hall–Kier alpha value is -1.59. The summed E-state index contributed by atoms with van der Waals surface area (Å²) in [6.45, 7) is 13.7. The molecule has 1 atom stereocenters. The van der Waals surface area contributed by atoms with Crippen LogP contribution in [0.15, 0.2) is 0 Å². The lowest BCUT2D eigenvalue weighted by Crippen LogP contribution is -2.30. The van der Waals surface area contributed by atoms with Crippen LogP contribution in [-0.2, 0) is 28.6 Å². The molecule has 64 heavy (non-hydrogen) atoms. The van der Waals surface area contributed by atoms with Gasteiger partial charge >= 0.3 is 17.9 Å². The van der Waals surface area contributed by atoms with Gasteiger partial charge in [0.15, 0.2) is 6.10 Å². The largest absolute Gasteiger partial charge is 0.462 e. The maximum atomic E-state index is 12.8. The quantitative estimate of drug-likeness (QED) is 0.0344. The van der Waals surface area contributed by atoms with Gasteiger partial charge < -0.3 is 14.2 Å². The molecular formula is C58H112O6. The molecule has 0 aromatic carbocycles. The molecule has 0 amide bonds. The van der Waals surface area contributed by atoms with Crippen LogP contribution in [0.2, 0.25) is 0 Å². The van der Waals surface area contributed by atoms with Gasteiger partial charge in [0.1, 0.15) is 13.2 Å². The minimum absolute atomic E-state index is 0.0641. The van der Waals surface area contributed by atoms with E-state index in [0.717, 1.165) is 75.5 Å². The van der Waals surface area contributed by atoms with Gasteiger partial charge in [-0.25, -0.2) is 0 Å². The highest BCUT2D eigenvalue weighted by molar-refractivity contribution is 5.71. The Bertz CT molecular complexity index is 991. The maximum Gasteiger partial charge on any atom is 0.306 e. The molecule has 0 spiro atoms. The summed E-state index contributed by atoms with van der Waals surface area (Å²) in [5.41, 5.74) is 0. The summed E-state index contributed by atoms with van der Waals surface area (Å²) < 4.78 is 16.9. The lowest BCUT2D eigenvalue weighted by Gasteiger charge is -2.18. The summed E-state index contributed by atoms with van der Waals surface area (Å²) in [7, 11) is 0. The van der Waals surface area contributed by atoms with Crippen LogP contribution >= 0.6 is 0 Å². The van der Waals surface area contributed by atoms with Crippen molar-refractivity contribution in [3.8, 4) is 0 Å². The minimum atomic E-state index is -0.763. The Morgan fingerprint density at radius 3 is 0.672 bits per heavy atom. The van der Waals surface area contributed by atoms with Crippen LogP contribution in [0.25, 0.3) is 0 Å². The summed E-state index contributed by atoms with van der Waals surface area (Å²) in [5.74, 6) is 1.63. The van der Waals surface area contributed by atoms with E-state index >= 15 is 0 Å². The number of hydrogen-bond acceptors (Lipinski definition) is 6. The molecule has 0 rings (SSSR count). The number of ether oxygens (including phenoxy) is 3. The molecule has 0 aliphatic heterocycles. The molecular weight excluding hydrogens is 793 g/mol. The van der Waals surface area contributed by atoms with Crippen LogP contribution in [0.4, 0.5) is 0 Å². The van der Waals surface area contributed by atoms with Gasteiger partial charge in [0.25, 0.3) is 0 Å². The van der Waals surface area contributed by atoms with Gasteiger partial charge in [0.05, 0.1) is 0 Å². The van der Waals surface area contributed by atoms with Gasteiger partial charge in [-0.2, -0.15) is 0 Å². The highest BCUT2D eigenvalue weighted by atomic mass is 16.6. The molecule has 6 nitrogen and oxygen atoms in total. The van der Waals surface area contributed by atoms with Crippen molar-refractivity contribution in [2.45, 2.75) is 324 Å². The Kier molecular flexibility index (Phi) is 48.1. The standard InChI is InChI=1S/C58H112O6/c1-52(2)44-38-32-26-20-16-13-11-9-7-8-10-12-14-18-22-29-35-41-47-56(59)62-50-55(51-63-57(60)48-42-36-30-25-24-28-34-40-46-54(5)6)64-58(61)49-43-37-31-23-19-15-17-21-27-33-39-45-53(3)4/h52-55H,7-51H2,1-6H3/t55-/m0/s1. The number of hydrogen-bond donors (Lipinski definition) is 0. The molecule has 0 heterocycles. The molecule has 0 unspecified atom stereocenters. The van der Waals surface area contributed by atoms with Crippen molar-refractivity contribution in [3.63, 3.8) is 0 Å². The van der Waals surface area contributed by atoms with E-state index in [1.54, 1.807) is 0 Å². The molecule has 0 aromatic rings. The van der Waals surface area contributed by atoms with E-state index in [4.69, 9.17) is 14.2 Å². The van der Waals surface area contributed by atoms with Gasteiger partial charge in [0, 0.05) is 19.3 Å². The topological polar surface area (TPSA) is 78.9 Å². The first-order valence-corrected chi connectivity index (χ1v) is 28.6. The second-order valence-electron chi connectivity index (χ2n) is 21.4. The molecule has 6 heteroatoms. The van der Waals surface area contributed by atoms with Crippen molar-refractivity contribution in [3.05, 3.63) is 0 Å². The third-order valence-electron chi connectivity index (χ3n) is 13.1. The molecule has 0 aliphatic rings. The molecule has 0 aliphatic carbocycles. The van der Waals surface area contributed by atoms with E-state index in [0.29, 0.717) is 19.3 Å². The summed E-state index contributed by atoms with van der Waals surface area (Å²) in [6, 6.07) is 0. The summed E-state index contributed by atoms with van der Waals surface area (Å²) in [4.78, 5) is 38.1. The van der Waals surface area contributed by atoms with Crippen molar-refractivity contribution < 1.29 is 28.6 Å². The van der Waals surface area contributed by atoms with Crippen LogP contribution in [0.3, 0.4) is 0 Å². The monoisotopic (exact) mass is 905 g/mol. The third kappa shape index (κ3) is 51.4. The number of carbonyl (C=O) groups is 3. The zero-order chi connectivity index (χ0) is 47.0.